The summed E-state index contributed by atoms with van der Waals surface area (Å²) >= 11 is 0. The molecule has 2 N–H and O–H groups in total. The van der Waals surface area contributed by atoms with Crippen LogP contribution in [0.4, 0.5) is 5.69 Å². The van der Waals surface area contributed by atoms with Crippen molar-refractivity contribution in [2.24, 2.45) is 10.4 Å². The Hall–Kier alpha value is -3.46. The second-order valence-electron chi connectivity index (χ2n) is 8.55. The summed E-state index contributed by atoms with van der Waals surface area (Å²) in [5.41, 5.74) is 7.98. The molecule has 3 heteroatoms. The highest BCUT2D eigenvalue weighted by atomic mass is 14.9. The normalized spacial score (nSPS) is 12.3. The molecule has 0 aliphatic rings. The van der Waals surface area contributed by atoms with Crippen LogP contribution in [-0.4, -0.2) is 12.9 Å². The van der Waals surface area contributed by atoms with E-state index in [1.54, 1.807) is 12.2 Å². The fourth-order valence-corrected chi connectivity index (χ4v) is 3.06. The molecule has 31 heavy (non-hydrogen) atoms. The van der Waals surface area contributed by atoms with Crippen molar-refractivity contribution in [3.63, 3.8) is 0 Å². The smallest absolute Gasteiger partial charge is 0.0679 e. The first-order valence-electron chi connectivity index (χ1n) is 10.4. The van der Waals surface area contributed by atoms with Gasteiger partial charge in [0.25, 0.3) is 0 Å². The van der Waals surface area contributed by atoms with Crippen molar-refractivity contribution < 1.29 is 0 Å². The average molecular weight is 412 g/mol. The molecule has 2 rings (SSSR count). The topological polar surface area (TPSA) is 48.2 Å². The standard InChI is InChI=1S/C28H33N3/c1-8-23(16-17-29)24-11-9-10-22(19-24)13-15-26(30-7)25-14-12-20(2)18-27(25)31-21(3)28(4,5)6/h8-12,14-19,29,31H,1,3,7,13H2,2,4-6H3/b23-16+,26-15-,29-17?. The van der Waals surface area contributed by atoms with Gasteiger partial charge in [-0.3, -0.25) is 4.99 Å². The average Bonchev–Trinajstić information content (AvgIpc) is 2.73. The van der Waals surface area contributed by atoms with Crippen LogP contribution in [0.3, 0.4) is 0 Å². The number of benzene rings is 2. The molecule has 0 atom stereocenters. The highest BCUT2D eigenvalue weighted by molar-refractivity contribution is 5.87. The molecule has 0 fully saturated rings. The van der Waals surface area contributed by atoms with E-state index in [4.69, 9.17) is 5.41 Å². The minimum Gasteiger partial charge on any atom is -0.358 e. The van der Waals surface area contributed by atoms with E-state index in [9.17, 15) is 0 Å². The van der Waals surface area contributed by atoms with Crippen LogP contribution in [-0.2, 0) is 6.42 Å². The summed E-state index contributed by atoms with van der Waals surface area (Å²) in [7, 11) is 0. The van der Waals surface area contributed by atoms with E-state index in [-0.39, 0.29) is 5.41 Å². The number of aliphatic imine (C=N–C) groups is 1. The lowest BCUT2D eigenvalue weighted by Crippen LogP contribution is -2.16. The Morgan fingerprint density at radius 3 is 2.52 bits per heavy atom. The molecule has 0 aromatic heterocycles. The minimum absolute atomic E-state index is 0.0558. The second-order valence-corrected chi connectivity index (χ2v) is 8.55. The molecule has 0 radical (unpaired) electrons. The first-order chi connectivity index (χ1) is 14.7. The van der Waals surface area contributed by atoms with Crippen molar-refractivity contribution in [3.05, 3.63) is 102 Å². The summed E-state index contributed by atoms with van der Waals surface area (Å²) in [4.78, 5) is 4.32. The van der Waals surface area contributed by atoms with E-state index >= 15 is 0 Å². The van der Waals surface area contributed by atoms with Crippen LogP contribution in [0.25, 0.3) is 11.3 Å². The third-order valence-electron chi connectivity index (χ3n) is 5.09. The van der Waals surface area contributed by atoms with Crippen LogP contribution >= 0.6 is 0 Å². The number of nitrogens with one attached hydrogen (secondary N) is 2. The molecule has 2 aromatic carbocycles. The zero-order chi connectivity index (χ0) is 23.0. The molecule has 3 nitrogen and oxygen atoms in total. The van der Waals surface area contributed by atoms with Crippen LogP contribution < -0.4 is 5.32 Å². The monoisotopic (exact) mass is 411 g/mol. The molecule has 0 saturated carbocycles. The van der Waals surface area contributed by atoms with E-state index in [1.165, 1.54) is 11.8 Å². The van der Waals surface area contributed by atoms with Crippen LogP contribution in [0.15, 0.2) is 84.5 Å². The molecule has 0 unspecified atom stereocenters. The van der Waals surface area contributed by atoms with E-state index in [0.717, 1.165) is 39.3 Å². The van der Waals surface area contributed by atoms with Crippen molar-refractivity contribution in [2.45, 2.75) is 34.1 Å². The Kier molecular flexibility index (Phi) is 8.09. The Balaban J connectivity index is 2.38. The van der Waals surface area contributed by atoms with Gasteiger partial charge in [0.2, 0.25) is 0 Å². The summed E-state index contributed by atoms with van der Waals surface area (Å²) in [5.74, 6) is 0. The summed E-state index contributed by atoms with van der Waals surface area (Å²) in [6, 6.07) is 14.5. The maximum Gasteiger partial charge on any atom is 0.0679 e. The fourth-order valence-electron chi connectivity index (χ4n) is 3.06. The first-order valence-corrected chi connectivity index (χ1v) is 10.4. The number of hydrogen-bond acceptors (Lipinski definition) is 3. The highest BCUT2D eigenvalue weighted by Crippen LogP contribution is 2.31. The Labute approximate surface area is 187 Å². The molecule has 2 aromatic rings. The summed E-state index contributed by atoms with van der Waals surface area (Å²) in [6.45, 7) is 20.4. The Morgan fingerprint density at radius 2 is 1.90 bits per heavy atom. The zero-order valence-corrected chi connectivity index (χ0v) is 19.1. The van der Waals surface area contributed by atoms with E-state index in [0.29, 0.717) is 6.42 Å². The predicted octanol–water partition coefficient (Wildman–Crippen LogP) is 7.47. The molecular formula is C28H33N3. The molecule has 0 spiro atoms. The van der Waals surface area contributed by atoms with Crippen LogP contribution in [0.5, 0.6) is 0 Å². The number of aryl methyl sites for hydroxylation is 1. The van der Waals surface area contributed by atoms with Crippen LogP contribution in [0.2, 0.25) is 0 Å². The highest BCUT2D eigenvalue weighted by Gasteiger charge is 2.17. The number of anilines is 1. The van der Waals surface area contributed by atoms with Gasteiger partial charge in [0.05, 0.1) is 5.70 Å². The van der Waals surface area contributed by atoms with Gasteiger partial charge < -0.3 is 10.7 Å². The van der Waals surface area contributed by atoms with Gasteiger partial charge in [-0.2, -0.15) is 0 Å². The van der Waals surface area contributed by atoms with E-state index < -0.39 is 0 Å². The summed E-state index contributed by atoms with van der Waals surface area (Å²) in [6.07, 6.45) is 7.59. The van der Waals surface area contributed by atoms with Gasteiger partial charge in [-0.25, -0.2) is 0 Å². The molecule has 160 valence electrons. The molecule has 0 amide bonds. The third-order valence-corrected chi connectivity index (χ3v) is 5.09. The molecule has 0 heterocycles. The summed E-state index contributed by atoms with van der Waals surface area (Å²) < 4.78 is 0. The van der Waals surface area contributed by atoms with E-state index in [1.807, 2.05) is 12.1 Å². The number of nitrogens with zero attached hydrogens (tertiary/aromatic N) is 1. The predicted molar refractivity (Wildman–Crippen MR) is 138 cm³/mol. The largest absolute Gasteiger partial charge is 0.358 e. The third kappa shape index (κ3) is 6.51. The molecule has 0 aliphatic carbocycles. The quantitative estimate of drug-likeness (QED) is 0.326. The lowest BCUT2D eigenvalue weighted by molar-refractivity contribution is 0.509. The second kappa shape index (κ2) is 10.5. The molecule has 0 bridgehead atoms. The van der Waals surface area contributed by atoms with Crippen molar-refractivity contribution in [3.8, 4) is 0 Å². The van der Waals surface area contributed by atoms with Crippen molar-refractivity contribution >= 4 is 29.9 Å². The van der Waals surface area contributed by atoms with Gasteiger partial charge in [-0.1, -0.05) is 82.5 Å². The molecule has 0 saturated heterocycles. The van der Waals surface area contributed by atoms with Crippen LogP contribution in [0, 0.1) is 17.7 Å². The minimum atomic E-state index is -0.0558. The van der Waals surface area contributed by atoms with Gasteiger partial charge in [0.15, 0.2) is 0 Å². The van der Waals surface area contributed by atoms with Gasteiger partial charge >= 0.3 is 0 Å². The van der Waals surface area contributed by atoms with Crippen LogP contribution in [0.1, 0.15) is 43.0 Å². The molecule has 0 aliphatic heterocycles. The number of allylic oxidation sites excluding steroid dienone is 5. The zero-order valence-electron chi connectivity index (χ0n) is 19.1. The summed E-state index contributed by atoms with van der Waals surface area (Å²) in [5, 5.41) is 10.8. The van der Waals surface area contributed by atoms with Gasteiger partial charge in [-0.05, 0) is 54.5 Å². The molecular weight excluding hydrogens is 378 g/mol. The lowest BCUT2D eigenvalue weighted by Gasteiger charge is -2.25. The van der Waals surface area contributed by atoms with Gasteiger partial charge in [0.1, 0.15) is 0 Å². The number of hydrogen-bond donors (Lipinski definition) is 2. The fraction of sp³-hybridized carbons (Fsp3) is 0.214. The maximum atomic E-state index is 7.33. The lowest BCUT2D eigenvalue weighted by atomic mass is 9.92. The Morgan fingerprint density at radius 1 is 1.16 bits per heavy atom. The van der Waals surface area contributed by atoms with Crippen molar-refractivity contribution in [2.75, 3.05) is 5.32 Å². The SMILES string of the molecule is C=C/C(=C\C=N)c1cccc(C/C=C(\N=C)c2ccc(C)cc2NC(=C)C(C)(C)C)c1. The van der Waals surface area contributed by atoms with Gasteiger partial charge in [-0.15, -0.1) is 0 Å². The van der Waals surface area contributed by atoms with E-state index in [2.05, 4.69) is 94.3 Å². The number of rotatable bonds is 9. The first kappa shape index (κ1) is 23.8. The van der Waals surface area contributed by atoms with Crippen molar-refractivity contribution in [1.82, 2.24) is 0 Å². The maximum absolute atomic E-state index is 7.33. The van der Waals surface area contributed by atoms with Crippen molar-refractivity contribution in [1.29, 1.82) is 5.41 Å². The van der Waals surface area contributed by atoms with Gasteiger partial charge in [0, 0.05) is 28.6 Å². The Bertz CT molecular complexity index is 1050.